The molecule has 0 unspecified atom stereocenters. The van der Waals surface area contributed by atoms with Gasteiger partial charge in [0.25, 0.3) is 0 Å². The Kier molecular flexibility index (Phi) is 4.74. The van der Waals surface area contributed by atoms with E-state index in [4.69, 9.17) is 14.2 Å². The summed E-state index contributed by atoms with van der Waals surface area (Å²) in [5.41, 5.74) is 0.691. The zero-order valence-corrected chi connectivity index (χ0v) is 11.5. The van der Waals surface area contributed by atoms with Gasteiger partial charge in [-0.1, -0.05) is 0 Å². The molecule has 0 saturated heterocycles. The number of carbonyl (C=O) groups is 2. The lowest BCUT2D eigenvalue weighted by atomic mass is 10.1. The number of hydrogen-bond donors (Lipinski definition) is 0. The monoisotopic (exact) mass is 268 g/mol. The van der Waals surface area contributed by atoms with Crippen LogP contribution in [0, 0.1) is 6.92 Å². The number of methoxy groups -OCH3 is 3. The average Bonchev–Trinajstić information content (AvgIpc) is 2.36. The molecule has 0 spiro atoms. The maximum absolute atomic E-state index is 11.8. The summed E-state index contributed by atoms with van der Waals surface area (Å²) >= 11 is 0. The van der Waals surface area contributed by atoms with Gasteiger partial charge < -0.3 is 18.9 Å². The summed E-state index contributed by atoms with van der Waals surface area (Å²) in [4.78, 5) is 23.0. The fourth-order valence-corrected chi connectivity index (χ4v) is 1.68. The van der Waals surface area contributed by atoms with E-state index < -0.39 is 11.9 Å². The minimum absolute atomic E-state index is 0.00120. The molecule has 0 N–H and O–H groups in total. The Morgan fingerprint density at radius 1 is 1.05 bits per heavy atom. The van der Waals surface area contributed by atoms with Gasteiger partial charge in [0.2, 0.25) is 5.75 Å². The standard InChI is InChI=1S/C13H16O6/c1-7-6-9(16-3)11(17-4)12(19-8(2)14)10(7)13(15)18-5/h6H,1-5H3. The van der Waals surface area contributed by atoms with Crippen LogP contribution in [0.15, 0.2) is 6.07 Å². The van der Waals surface area contributed by atoms with Crippen molar-refractivity contribution in [3.8, 4) is 17.2 Å². The van der Waals surface area contributed by atoms with Crippen LogP contribution in [0.5, 0.6) is 17.2 Å². The van der Waals surface area contributed by atoms with E-state index in [1.54, 1.807) is 13.0 Å². The topological polar surface area (TPSA) is 71.1 Å². The summed E-state index contributed by atoms with van der Waals surface area (Å²) in [5.74, 6) is -0.655. The lowest BCUT2D eigenvalue weighted by Crippen LogP contribution is -2.12. The molecule has 0 aliphatic carbocycles. The third kappa shape index (κ3) is 2.96. The first-order valence-electron chi connectivity index (χ1n) is 5.48. The van der Waals surface area contributed by atoms with Crippen molar-refractivity contribution in [2.45, 2.75) is 13.8 Å². The van der Waals surface area contributed by atoms with Crippen LogP contribution in [0.4, 0.5) is 0 Å². The molecule has 0 amide bonds. The third-order valence-electron chi connectivity index (χ3n) is 2.46. The number of aryl methyl sites for hydroxylation is 1. The van der Waals surface area contributed by atoms with Gasteiger partial charge >= 0.3 is 11.9 Å². The number of rotatable bonds is 4. The van der Waals surface area contributed by atoms with Crippen molar-refractivity contribution in [2.75, 3.05) is 21.3 Å². The first-order chi connectivity index (χ1) is 8.96. The zero-order chi connectivity index (χ0) is 14.6. The van der Waals surface area contributed by atoms with Crippen LogP contribution in [-0.4, -0.2) is 33.3 Å². The summed E-state index contributed by atoms with van der Waals surface area (Å²) in [6, 6.07) is 1.61. The molecule has 1 aromatic rings. The van der Waals surface area contributed by atoms with E-state index in [-0.39, 0.29) is 17.1 Å². The smallest absolute Gasteiger partial charge is 0.342 e. The molecule has 104 valence electrons. The molecule has 0 atom stereocenters. The summed E-state index contributed by atoms with van der Waals surface area (Å²) < 4.78 is 20.0. The molecular formula is C13H16O6. The highest BCUT2D eigenvalue weighted by molar-refractivity contribution is 5.96. The lowest BCUT2D eigenvalue weighted by molar-refractivity contribution is -0.132. The average molecular weight is 268 g/mol. The van der Waals surface area contributed by atoms with E-state index in [1.165, 1.54) is 28.3 Å². The first kappa shape index (κ1) is 14.8. The van der Waals surface area contributed by atoms with Gasteiger partial charge in [0.1, 0.15) is 5.56 Å². The summed E-state index contributed by atoms with van der Waals surface area (Å²) in [5, 5.41) is 0. The summed E-state index contributed by atoms with van der Waals surface area (Å²) in [7, 11) is 4.09. The van der Waals surface area contributed by atoms with Crippen LogP contribution in [-0.2, 0) is 9.53 Å². The van der Waals surface area contributed by atoms with Crippen LogP contribution < -0.4 is 14.2 Å². The van der Waals surface area contributed by atoms with Gasteiger partial charge in [-0.3, -0.25) is 4.79 Å². The molecule has 19 heavy (non-hydrogen) atoms. The Morgan fingerprint density at radius 2 is 1.68 bits per heavy atom. The van der Waals surface area contributed by atoms with Crippen molar-refractivity contribution in [1.29, 1.82) is 0 Å². The molecule has 1 rings (SSSR count). The highest BCUT2D eigenvalue weighted by Crippen LogP contribution is 2.42. The van der Waals surface area contributed by atoms with Crippen molar-refractivity contribution in [1.82, 2.24) is 0 Å². The van der Waals surface area contributed by atoms with Gasteiger partial charge in [0.05, 0.1) is 21.3 Å². The Bertz CT molecular complexity index is 506. The first-order valence-corrected chi connectivity index (χ1v) is 5.48. The highest BCUT2D eigenvalue weighted by Gasteiger charge is 2.25. The maximum atomic E-state index is 11.8. The zero-order valence-electron chi connectivity index (χ0n) is 11.5. The number of esters is 2. The quantitative estimate of drug-likeness (QED) is 0.611. The maximum Gasteiger partial charge on any atom is 0.342 e. The summed E-state index contributed by atoms with van der Waals surface area (Å²) in [6.07, 6.45) is 0. The van der Waals surface area contributed by atoms with Gasteiger partial charge in [0, 0.05) is 6.92 Å². The predicted octanol–water partition coefficient (Wildman–Crippen LogP) is 1.72. The van der Waals surface area contributed by atoms with Crippen molar-refractivity contribution < 1.29 is 28.5 Å². The van der Waals surface area contributed by atoms with Crippen LogP contribution in [0.1, 0.15) is 22.8 Å². The van der Waals surface area contributed by atoms with Crippen molar-refractivity contribution in [3.05, 3.63) is 17.2 Å². The second-order valence-electron chi connectivity index (χ2n) is 3.72. The molecular weight excluding hydrogens is 252 g/mol. The summed E-state index contributed by atoms with van der Waals surface area (Å²) in [6.45, 7) is 2.91. The molecule has 0 saturated carbocycles. The van der Waals surface area contributed by atoms with E-state index in [1.807, 2.05) is 0 Å². The van der Waals surface area contributed by atoms with Gasteiger partial charge in [-0.25, -0.2) is 4.79 Å². The Morgan fingerprint density at radius 3 is 2.11 bits per heavy atom. The molecule has 6 heteroatoms. The lowest BCUT2D eigenvalue weighted by Gasteiger charge is -2.17. The molecule has 1 aromatic carbocycles. The normalized spacial score (nSPS) is 9.74. The van der Waals surface area contributed by atoms with Gasteiger partial charge in [-0.05, 0) is 18.6 Å². The van der Waals surface area contributed by atoms with Crippen LogP contribution >= 0.6 is 0 Å². The van der Waals surface area contributed by atoms with Gasteiger partial charge in [0.15, 0.2) is 11.5 Å². The molecule has 0 aliphatic heterocycles. The second kappa shape index (κ2) is 6.08. The second-order valence-corrected chi connectivity index (χ2v) is 3.72. The fourth-order valence-electron chi connectivity index (χ4n) is 1.68. The van der Waals surface area contributed by atoms with Crippen LogP contribution in [0.25, 0.3) is 0 Å². The predicted molar refractivity (Wildman–Crippen MR) is 66.9 cm³/mol. The minimum Gasteiger partial charge on any atom is -0.493 e. The van der Waals surface area contributed by atoms with E-state index in [0.29, 0.717) is 11.3 Å². The number of hydrogen-bond acceptors (Lipinski definition) is 6. The third-order valence-corrected chi connectivity index (χ3v) is 2.46. The van der Waals surface area contributed by atoms with Crippen molar-refractivity contribution >= 4 is 11.9 Å². The fraction of sp³-hybridized carbons (Fsp3) is 0.385. The highest BCUT2D eigenvalue weighted by atomic mass is 16.6. The van der Waals surface area contributed by atoms with E-state index in [0.717, 1.165) is 0 Å². The van der Waals surface area contributed by atoms with E-state index >= 15 is 0 Å². The Hall–Kier alpha value is -2.24. The van der Waals surface area contributed by atoms with Crippen molar-refractivity contribution in [3.63, 3.8) is 0 Å². The van der Waals surface area contributed by atoms with E-state index in [2.05, 4.69) is 4.74 Å². The number of benzene rings is 1. The van der Waals surface area contributed by atoms with Gasteiger partial charge in [-0.15, -0.1) is 0 Å². The minimum atomic E-state index is -0.616. The van der Waals surface area contributed by atoms with E-state index in [9.17, 15) is 9.59 Å². The molecule has 0 aliphatic rings. The molecule has 0 aromatic heterocycles. The molecule has 0 heterocycles. The Balaban J connectivity index is 3.60. The number of ether oxygens (including phenoxy) is 4. The van der Waals surface area contributed by atoms with Crippen LogP contribution in [0.3, 0.4) is 0 Å². The van der Waals surface area contributed by atoms with Crippen LogP contribution in [0.2, 0.25) is 0 Å². The number of carbonyl (C=O) groups excluding carboxylic acids is 2. The molecule has 0 radical (unpaired) electrons. The van der Waals surface area contributed by atoms with Gasteiger partial charge in [-0.2, -0.15) is 0 Å². The largest absolute Gasteiger partial charge is 0.493 e. The molecule has 0 bridgehead atoms. The molecule has 6 nitrogen and oxygen atoms in total. The SMILES string of the molecule is COC(=O)c1c(C)cc(OC)c(OC)c1OC(C)=O. The molecule has 0 fully saturated rings. The Labute approximate surface area is 111 Å². The van der Waals surface area contributed by atoms with Crippen molar-refractivity contribution in [2.24, 2.45) is 0 Å².